The molecular formula is C5H4N+. The van der Waals surface area contributed by atoms with E-state index >= 15 is 0 Å². The van der Waals surface area contributed by atoms with Crippen molar-refractivity contribution in [3.05, 3.63) is 24.1 Å². The Morgan fingerprint density at radius 1 is 1.33 bits per heavy atom. The first-order chi connectivity index (χ1) is 3.00. The third kappa shape index (κ3) is 0.467. The van der Waals surface area contributed by atoms with Crippen LogP contribution in [0, 0.1) is 0 Å². The smallest absolute Gasteiger partial charge is 0.163 e. The molecule has 1 heterocycles. The second-order valence-corrected chi connectivity index (χ2v) is 0.933. The monoisotopic (exact) mass is 78.0 g/mol. The molecule has 0 aromatic rings. The lowest BCUT2D eigenvalue weighted by Gasteiger charge is -1.59. The molecule has 0 atom stereocenters. The van der Waals surface area contributed by atoms with Crippen molar-refractivity contribution in [1.82, 2.24) is 0 Å². The second-order valence-electron chi connectivity index (χ2n) is 0.933. The van der Waals surface area contributed by atoms with Gasteiger partial charge in [-0.25, -0.2) is 0 Å². The van der Waals surface area contributed by atoms with Crippen LogP contribution in [-0.2, 0) is 0 Å². The van der Waals surface area contributed by atoms with E-state index in [2.05, 4.69) is 16.6 Å². The van der Waals surface area contributed by atoms with Gasteiger partial charge in [0.05, 0.1) is 6.08 Å². The van der Waals surface area contributed by atoms with E-state index in [0.29, 0.717) is 0 Å². The van der Waals surface area contributed by atoms with Gasteiger partial charge in [0.2, 0.25) is 6.20 Å². The molecule has 0 amide bonds. The fraction of sp³-hybridized carbons (Fsp3) is 0. The van der Waals surface area contributed by atoms with Crippen LogP contribution in [-0.4, -0.2) is 5.87 Å². The fourth-order valence-electron chi connectivity index (χ4n) is 0.269. The van der Waals surface area contributed by atoms with Gasteiger partial charge in [0, 0.05) is 0 Å². The molecule has 1 heteroatoms. The predicted molar refractivity (Wildman–Crippen MR) is 23.2 cm³/mol. The third-order valence-electron chi connectivity index (χ3n) is 0.502. The highest BCUT2D eigenvalue weighted by atomic mass is 14.6. The van der Waals surface area contributed by atoms with Crippen molar-refractivity contribution in [2.75, 3.05) is 0 Å². The minimum Gasteiger partial charge on any atom is -0.163 e. The summed E-state index contributed by atoms with van der Waals surface area (Å²) < 4.78 is 0. The van der Waals surface area contributed by atoms with Crippen LogP contribution in [0.3, 0.4) is 0 Å². The standard InChI is InChI=1S/C5H3N/c1-2-4-6-5-3-1/h1-2,5H/p+1. The predicted octanol–water partition coefficient (Wildman–Crippen LogP) is -1.02. The van der Waals surface area contributed by atoms with E-state index in [-0.39, 0.29) is 0 Å². The van der Waals surface area contributed by atoms with Gasteiger partial charge in [-0.2, -0.15) is 4.99 Å². The Bertz CT molecular complexity index is 121. The summed E-state index contributed by atoms with van der Waals surface area (Å²) >= 11 is 0. The Labute approximate surface area is 36.0 Å². The lowest BCUT2D eigenvalue weighted by Crippen LogP contribution is -2.59. The van der Waals surface area contributed by atoms with Crippen molar-refractivity contribution in [3.8, 4) is 0 Å². The summed E-state index contributed by atoms with van der Waals surface area (Å²) in [6.07, 6.45) is 5.25. The zero-order valence-corrected chi connectivity index (χ0v) is 3.23. The van der Waals surface area contributed by atoms with Crippen LogP contribution in [0.5, 0.6) is 0 Å². The zero-order chi connectivity index (χ0) is 4.24. The minimum absolute atomic E-state index is 1.69. The Balaban J connectivity index is 3.00. The molecule has 1 aliphatic heterocycles. The van der Waals surface area contributed by atoms with E-state index < -0.39 is 0 Å². The summed E-state index contributed by atoms with van der Waals surface area (Å²) in [5.74, 6) is 2.74. The lowest BCUT2D eigenvalue weighted by atomic mass is 10.5. The minimum atomic E-state index is 1.69. The highest BCUT2D eigenvalue weighted by Gasteiger charge is 1.66. The number of rotatable bonds is 0. The molecule has 0 bridgehead atoms. The first-order valence-electron chi connectivity index (χ1n) is 1.74. The summed E-state index contributed by atoms with van der Waals surface area (Å²) in [6, 6.07) is 0. The zero-order valence-electron chi connectivity index (χ0n) is 3.23. The topological polar surface area (TPSA) is 14.0 Å². The second kappa shape index (κ2) is 1.42. The van der Waals surface area contributed by atoms with Gasteiger partial charge in [0.25, 0.3) is 0 Å². The van der Waals surface area contributed by atoms with Crippen LogP contribution in [0.15, 0.2) is 24.1 Å². The SMILES string of the molecule is C1=CC=C=[NH+]C=1. The molecular weight excluding hydrogens is 74.1 g/mol. The molecule has 1 N–H and O–H groups in total. The van der Waals surface area contributed by atoms with Crippen molar-refractivity contribution in [3.63, 3.8) is 0 Å². The van der Waals surface area contributed by atoms with Gasteiger partial charge in [-0.05, 0) is 6.08 Å². The summed E-state index contributed by atoms with van der Waals surface area (Å²) in [7, 11) is 0. The number of hydrogen-bond donors (Lipinski definition) is 1. The average Bonchev–Trinajstić information content (AvgIpc) is 1.72. The summed E-state index contributed by atoms with van der Waals surface area (Å²) in [5, 5.41) is 0. The van der Waals surface area contributed by atoms with E-state index in [1.165, 1.54) is 0 Å². The van der Waals surface area contributed by atoms with Gasteiger partial charge in [-0.3, -0.25) is 0 Å². The highest BCUT2D eigenvalue weighted by molar-refractivity contribution is 5.49. The summed E-state index contributed by atoms with van der Waals surface area (Å²) in [5.41, 5.74) is 2.81. The highest BCUT2D eigenvalue weighted by Crippen LogP contribution is 1.60. The number of allylic oxidation sites excluding steroid dienone is 2. The maximum Gasteiger partial charge on any atom is 0.219 e. The van der Waals surface area contributed by atoms with Crippen LogP contribution in [0.2, 0.25) is 0 Å². The van der Waals surface area contributed by atoms with Gasteiger partial charge in [0.1, 0.15) is 0 Å². The normalized spacial score (nSPS) is 13.3. The van der Waals surface area contributed by atoms with Gasteiger partial charge >= 0.3 is 0 Å². The largest absolute Gasteiger partial charge is 0.219 e. The van der Waals surface area contributed by atoms with Gasteiger partial charge in [-0.1, -0.05) is 5.73 Å². The molecule has 0 saturated carbocycles. The van der Waals surface area contributed by atoms with Crippen molar-refractivity contribution >= 4 is 5.87 Å². The quantitative estimate of drug-likeness (QED) is 0.356. The summed E-state index contributed by atoms with van der Waals surface area (Å²) in [4.78, 5) is 2.71. The van der Waals surface area contributed by atoms with E-state index in [0.717, 1.165) is 0 Å². The average molecular weight is 78.1 g/mol. The van der Waals surface area contributed by atoms with Gasteiger partial charge in [0.15, 0.2) is 5.87 Å². The van der Waals surface area contributed by atoms with Crippen molar-refractivity contribution in [2.24, 2.45) is 0 Å². The van der Waals surface area contributed by atoms with Crippen LogP contribution >= 0.6 is 0 Å². The molecule has 0 fully saturated rings. The Morgan fingerprint density at radius 2 is 2.33 bits per heavy atom. The van der Waals surface area contributed by atoms with Crippen LogP contribution in [0.4, 0.5) is 0 Å². The molecule has 6 heavy (non-hydrogen) atoms. The molecule has 0 spiro atoms. The molecule has 28 valence electrons. The molecule has 0 saturated heterocycles. The first kappa shape index (κ1) is 3.17. The number of hydrogen-bond acceptors (Lipinski definition) is 0. The molecule has 1 nitrogen and oxygen atoms in total. The fourth-order valence-corrected chi connectivity index (χ4v) is 0.269. The van der Waals surface area contributed by atoms with Crippen LogP contribution < -0.4 is 4.99 Å². The van der Waals surface area contributed by atoms with Gasteiger partial charge in [-0.15, -0.1) is 0 Å². The maximum absolute atomic E-state index is 2.81. The molecule has 1 aliphatic rings. The van der Waals surface area contributed by atoms with E-state index in [1.54, 1.807) is 18.4 Å². The summed E-state index contributed by atoms with van der Waals surface area (Å²) in [6.45, 7) is 0. The molecule has 1 rings (SSSR count). The molecule has 0 aliphatic carbocycles. The van der Waals surface area contributed by atoms with Crippen LogP contribution in [0.1, 0.15) is 0 Å². The molecule has 0 unspecified atom stereocenters. The van der Waals surface area contributed by atoms with E-state index in [1.807, 2.05) is 0 Å². The molecule has 0 aromatic carbocycles. The maximum atomic E-state index is 2.81. The Morgan fingerprint density at radius 3 is 2.50 bits per heavy atom. The Kier molecular flexibility index (Phi) is 0.749. The van der Waals surface area contributed by atoms with Crippen molar-refractivity contribution in [1.29, 1.82) is 0 Å². The lowest BCUT2D eigenvalue weighted by molar-refractivity contribution is -0.363. The van der Waals surface area contributed by atoms with Gasteiger partial charge < -0.3 is 0 Å². The van der Waals surface area contributed by atoms with Crippen molar-refractivity contribution < 1.29 is 4.99 Å². The molecule has 0 radical (unpaired) electrons. The van der Waals surface area contributed by atoms with Crippen LogP contribution in [0.25, 0.3) is 0 Å². The number of nitrogens with one attached hydrogen (secondary N) is 1. The third-order valence-corrected chi connectivity index (χ3v) is 0.502. The van der Waals surface area contributed by atoms with Crippen molar-refractivity contribution in [2.45, 2.75) is 0 Å². The van der Waals surface area contributed by atoms with E-state index in [9.17, 15) is 0 Å². The molecule has 0 aromatic heterocycles. The Hall–Kier alpha value is -1.03. The first-order valence-corrected chi connectivity index (χ1v) is 1.74. The van der Waals surface area contributed by atoms with E-state index in [4.69, 9.17) is 0 Å².